The number of hydrogen-bond acceptors (Lipinski definition) is 4. The highest BCUT2D eigenvalue weighted by Crippen LogP contribution is 2.24. The molecule has 0 aliphatic carbocycles. The molecule has 2 atom stereocenters. The highest BCUT2D eigenvalue weighted by molar-refractivity contribution is 5.77. The molecule has 2 unspecified atom stereocenters. The fraction of sp³-hybridized carbons (Fsp3) is 0.562. The Morgan fingerprint density at radius 3 is 2.90 bits per heavy atom. The van der Waals surface area contributed by atoms with Crippen molar-refractivity contribution in [2.75, 3.05) is 11.9 Å². The zero-order chi connectivity index (χ0) is 14.1. The maximum atomic E-state index is 5.81. The van der Waals surface area contributed by atoms with Gasteiger partial charge in [-0.2, -0.15) is 0 Å². The summed E-state index contributed by atoms with van der Waals surface area (Å²) in [6.45, 7) is 7.16. The Morgan fingerprint density at radius 2 is 2.20 bits per heavy atom. The Hall–Kier alpha value is -1.55. The van der Waals surface area contributed by atoms with E-state index in [1.807, 2.05) is 18.2 Å². The molecule has 4 heteroatoms. The predicted octanol–water partition coefficient (Wildman–Crippen LogP) is 3.93. The van der Waals surface area contributed by atoms with Crippen LogP contribution in [0, 0.1) is 0 Å². The maximum Gasteiger partial charge on any atom is 0.198 e. The van der Waals surface area contributed by atoms with Crippen LogP contribution in [0.15, 0.2) is 22.6 Å². The lowest BCUT2D eigenvalue weighted by Gasteiger charge is -2.12. The number of rotatable bonds is 4. The quantitative estimate of drug-likeness (QED) is 0.917. The third kappa shape index (κ3) is 2.80. The number of nitrogens with zero attached hydrogens (tertiary/aromatic N) is 1. The van der Waals surface area contributed by atoms with Crippen LogP contribution in [0.25, 0.3) is 11.1 Å². The van der Waals surface area contributed by atoms with Crippen LogP contribution < -0.4 is 5.32 Å². The van der Waals surface area contributed by atoms with Crippen molar-refractivity contribution in [1.82, 2.24) is 4.98 Å². The van der Waals surface area contributed by atoms with Crippen LogP contribution in [-0.4, -0.2) is 23.7 Å². The van der Waals surface area contributed by atoms with Crippen molar-refractivity contribution >= 4 is 16.8 Å². The summed E-state index contributed by atoms with van der Waals surface area (Å²) in [5, 5.41) is 3.43. The lowest BCUT2D eigenvalue weighted by atomic mass is 10.2. The second kappa shape index (κ2) is 5.44. The number of nitrogens with one attached hydrogen (secondary N) is 1. The molecule has 2 aromatic rings. The number of ether oxygens (including phenoxy) is 1. The summed E-state index contributed by atoms with van der Waals surface area (Å²) >= 11 is 0. The summed E-state index contributed by atoms with van der Waals surface area (Å²) < 4.78 is 11.5. The number of anilines is 1. The third-order valence-corrected chi connectivity index (χ3v) is 3.75. The van der Waals surface area contributed by atoms with E-state index < -0.39 is 0 Å². The number of hydrogen-bond donors (Lipinski definition) is 1. The lowest BCUT2D eigenvalue weighted by molar-refractivity contribution is 0.0637. The first kappa shape index (κ1) is 13.4. The summed E-state index contributed by atoms with van der Waals surface area (Å²) in [6, 6.07) is 6.06. The van der Waals surface area contributed by atoms with Crippen LogP contribution >= 0.6 is 0 Å². The average Bonchev–Trinajstić information content (AvgIpc) is 3.01. The maximum absolute atomic E-state index is 5.81. The van der Waals surface area contributed by atoms with Crippen LogP contribution in [0.5, 0.6) is 0 Å². The smallest absolute Gasteiger partial charge is 0.198 e. The van der Waals surface area contributed by atoms with Crippen molar-refractivity contribution < 1.29 is 9.15 Å². The zero-order valence-corrected chi connectivity index (χ0v) is 12.3. The zero-order valence-electron chi connectivity index (χ0n) is 12.3. The largest absolute Gasteiger partial charge is 0.440 e. The molecule has 2 heterocycles. The summed E-state index contributed by atoms with van der Waals surface area (Å²) in [5.41, 5.74) is 2.84. The van der Waals surface area contributed by atoms with Gasteiger partial charge in [-0.25, -0.2) is 4.98 Å². The predicted molar refractivity (Wildman–Crippen MR) is 80.2 cm³/mol. The minimum absolute atomic E-state index is 0.312. The Labute approximate surface area is 119 Å². The summed E-state index contributed by atoms with van der Waals surface area (Å²) in [6.07, 6.45) is 3.02. The summed E-state index contributed by atoms with van der Waals surface area (Å²) in [5.74, 6) is 1.11. The fourth-order valence-electron chi connectivity index (χ4n) is 2.57. The van der Waals surface area contributed by atoms with Gasteiger partial charge in [0.05, 0.1) is 12.2 Å². The van der Waals surface area contributed by atoms with Crippen molar-refractivity contribution in [2.24, 2.45) is 0 Å². The van der Waals surface area contributed by atoms with Gasteiger partial charge in [-0.05, 0) is 38.0 Å². The standard InChI is InChI=1S/C16H22N2O2/c1-10(2)16-18-14-8-12(5-7-15(14)20-16)17-9-13-6-4-11(3)19-13/h5,7-8,10-11,13,17H,4,6,9H2,1-3H3. The second-order valence-electron chi connectivity index (χ2n) is 5.92. The molecular weight excluding hydrogens is 252 g/mol. The Morgan fingerprint density at radius 1 is 1.35 bits per heavy atom. The molecule has 1 aromatic carbocycles. The monoisotopic (exact) mass is 274 g/mol. The summed E-state index contributed by atoms with van der Waals surface area (Å²) in [4.78, 5) is 4.53. The molecule has 1 aromatic heterocycles. The van der Waals surface area contributed by atoms with Crippen molar-refractivity contribution in [1.29, 1.82) is 0 Å². The minimum Gasteiger partial charge on any atom is -0.440 e. The number of aromatic nitrogens is 1. The Bertz CT molecular complexity index is 591. The van der Waals surface area contributed by atoms with E-state index >= 15 is 0 Å². The molecule has 0 bridgehead atoms. The van der Waals surface area contributed by atoms with Gasteiger partial charge < -0.3 is 14.5 Å². The van der Waals surface area contributed by atoms with Gasteiger partial charge in [0, 0.05) is 18.2 Å². The molecule has 1 aliphatic heterocycles. The molecule has 1 fully saturated rings. The molecule has 1 N–H and O–H groups in total. The minimum atomic E-state index is 0.312. The normalized spacial score (nSPS) is 22.8. The first-order chi connectivity index (χ1) is 9.61. The molecule has 4 nitrogen and oxygen atoms in total. The molecule has 0 radical (unpaired) electrons. The van der Waals surface area contributed by atoms with Gasteiger partial charge in [-0.1, -0.05) is 13.8 Å². The van der Waals surface area contributed by atoms with Crippen molar-refractivity contribution in [3.8, 4) is 0 Å². The third-order valence-electron chi connectivity index (χ3n) is 3.75. The Kier molecular flexibility index (Phi) is 3.66. The molecule has 1 saturated heterocycles. The van der Waals surface area contributed by atoms with E-state index in [-0.39, 0.29) is 0 Å². The molecule has 0 saturated carbocycles. The first-order valence-corrected chi connectivity index (χ1v) is 7.41. The van der Waals surface area contributed by atoms with E-state index in [1.54, 1.807) is 0 Å². The van der Waals surface area contributed by atoms with Gasteiger partial charge in [-0.15, -0.1) is 0 Å². The average molecular weight is 274 g/mol. The van der Waals surface area contributed by atoms with Gasteiger partial charge in [0.1, 0.15) is 5.52 Å². The van der Waals surface area contributed by atoms with E-state index in [0.717, 1.165) is 42.1 Å². The van der Waals surface area contributed by atoms with Crippen LogP contribution in [0.1, 0.15) is 45.4 Å². The highest BCUT2D eigenvalue weighted by atomic mass is 16.5. The summed E-state index contributed by atoms with van der Waals surface area (Å²) in [7, 11) is 0. The molecule has 20 heavy (non-hydrogen) atoms. The number of oxazole rings is 1. The fourth-order valence-corrected chi connectivity index (χ4v) is 2.57. The van der Waals surface area contributed by atoms with Gasteiger partial charge in [0.15, 0.2) is 11.5 Å². The molecule has 0 amide bonds. The van der Waals surface area contributed by atoms with Gasteiger partial charge >= 0.3 is 0 Å². The van der Waals surface area contributed by atoms with Gasteiger partial charge in [0.2, 0.25) is 0 Å². The number of fused-ring (bicyclic) bond motifs is 1. The van der Waals surface area contributed by atoms with Crippen LogP contribution in [0.2, 0.25) is 0 Å². The van der Waals surface area contributed by atoms with E-state index in [0.29, 0.717) is 18.1 Å². The Balaban J connectivity index is 1.69. The van der Waals surface area contributed by atoms with Crippen molar-refractivity contribution in [3.05, 3.63) is 24.1 Å². The molecule has 108 valence electrons. The van der Waals surface area contributed by atoms with E-state index in [4.69, 9.17) is 9.15 Å². The molecular formula is C16H22N2O2. The van der Waals surface area contributed by atoms with Crippen LogP contribution in [-0.2, 0) is 4.74 Å². The van der Waals surface area contributed by atoms with Crippen LogP contribution in [0.4, 0.5) is 5.69 Å². The number of benzene rings is 1. The molecule has 1 aliphatic rings. The highest BCUT2D eigenvalue weighted by Gasteiger charge is 2.21. The molecule has 0 spiro atoms. The van der Waals surface area contributed by atoms with Crippen LogP contribution in [0.3, 0.4) is 0 Å². The SMILES string of the molecule is CC1CCC(CNc2ccc3oc(C(C)C)nc3c2)O1. The van der Waals surface area contributed by atoms with Crippen molar-refractivity contribution in [2.45, 2.75) is 51.7 Å². The van der Waals surface area contributed by atoms with Gasteiger partial charge in [-0.3, -0.25) is 0 Å². The first-order valence-electron chi connectivity index (χ1n) is 7.41. The van der Waals surface area contributed by atoms with Gasteiger partial charge in [0.25, 0.3) is 0 Å². The second-order valence-corrected chi connectivity index (χ2v) is 5.92. The van der Waals surface area contributed by atoms with E-state index in [1.165, 1.54) is 0 Å². The lowest BCUT2D eigenvalue weighted by Crippen LogP contribution is -2.19. The van der Waals surface area contributed by atoms with E-state index in [2.05, 4.69) is 31.1 Å². The van der Waals surface area contributed by atoms with Crippen molar-refractivity contribution in [3.63, 3.8) is 0 Å². The van der Waals surface area contributed by atoms with E-state index in [9.17, 15) is 0 Å². The topological polar surface area (TPSA) is 47.3 Å². The molecule has 3 rings (SSSR count).